The highest BCUT2D eigenvalue weighted by Gasteiger charge is 2.29. The molecule has 0 amide bonds. The molecule has 23 heavy (non-hydrogen) atoms. The third-order valence-electron chi connectivity index (χ3n) is 3.97. The molecule has 0 saturated carbocycles. The van der Waals surface area contributed by atoms with Gasteiger partial charge in [0.2, 0.25) is 0 Å². The number of benzene rings is 2. The van der Waals surface area contributed by atoms with Crippen LogP contribution in [-0.2, 0) is 19.1 Å². The van der Waals surface area contributed by atoms with Gasteiger partial charge in [0, 0.05) is 18.8 Å². The molecule has 1 atom stereocenters. The number of aliphatic imine (C=N–C) groups is 1. The van der Waals surface area contributed by atoms with Crippen LogP contribution in [0.4, 0.5) is 13.2 Å². The quantitative estimate of drug-likeness (QED) is 0.855. The Bertz CT molecular complexity index is 690. The van der Waals surface area contributed by atoms with E-state index in [2.05, 4.69) is 22.4 Å². The molecule has 120 valence electrons. The van der Waals surface area contributed by atoms with Gasteiger partial charge in [-0.25, -0.2) is 0 Å². The van der Waals surface area contributed by atoms with Crippen LogP contribution >= 0.6 is 0 Å². The molecule has 2 aromatic rings. The van der Waals surface area contributed by atoms with Crippen LogP contribution in [0.25, 0.3) is 0 Å². The Labute approximate surface area is 133 Å². The van der Waals surface area contributed by atoms with Crippen molar-refractivity contribution in [1.29, 1.82) is 0 Å². The van der Waals surface area contributed by atoms with Crippen molar-refractivity contribution in [2.75, 3.05) is 6.54 Å². The fourth-order valence-corrected chi connectivity index (χ4v) is 2.69. The third-order valence-corrected chi connectivity index (χ3v) is 3.97. The van der Waals surface area contributed by atoms with Crippen molar-refractivity contribution in [2.24, 2.45) is 4.99 Å². The highest BCUT2D eigenvalue weighted by Crippen LogP contribution is 2.28. The maximum absolute atomic E-state index is 12.5. The van der Waals surface area contributed by atoms with Gasteiger partial charge in [0.1, 0.15) is 0 Å². The number of nitrogens with one attached hydrogen (secondary N) is 1. The molecule has 0 saturated heterocycles. The molecule has 5 heteroatoms. The van der Waals surface area contributed by atoms with E-state index in [-0.39, 0.29) is 6.04 Å². The summed E-state index contributed by atoms with van der Waals surface area (Å²) in [5.41, 5.74) is 2.69. The Balaban J connectivity index is 1.57. The number of rotatable bonds is 3. The molecule has 0 aliphatic carbocycles. The van der Waals surface area contributed by atoms with Crippen LogP contribution in [0.15, 0.2) is 53.5 Å². The van der Waals surface area contributed by atoms with Gasteiger partial charge in [0.25, 0.3) is 0 Å². The number of hydrogen-bond donors (Lipinski definition) is 1. The standard InChI is InChI=1S/C18H17F3N2/c19-18(20,21)16-7-5-13(6-8-16)10-22-12-17-9-14-3-1-2-4-15(14)11-23-17/h1-8,10,17,23H,9,11-12H2. The van der Waals surface area contributed by atoms with Crippen molar-refractivity contribution in [1.82, 2.24) is 5.32 Å². The van der Waals surface area contributed by atoms with E-state index < -0.39 is 11.7 Å². The number of alkyl halides is 3. The van der Waals surface area contributed by atoms with Crippen LogP contribution in [0.5, 0.6) is 0 Å². The van der Waals surface area contributed by atoms with Gasteiger partial charge in [0.15, 0.2) is 0 Å². The van der Waals surface area contributed by atoms with Crippen LogP contribution in [0.1, 0.15) is 22.3 Å². The van der Waals surface area contributed by atoms with E-state index in [1.165, 1.54) is 23.3 Å². The summed E-state index contributed by atoms with van der Waals surface area (Å²) in [5, 5.41) is 3.43. The van der Waals surface area contributed by atoms with Gasteiger partial charge in [-0.1, -0.05) is 36.4 Å². The van der Waals surface area contributed by atoms with Crippen molar-refractivity contribution >= 4 is 6.21 Å². The van der Waals surface area contributed by atoms with E-state index in [0.717, 1.165) is 25.1 Å². The molecule has 1 heterocycles. The summed E-state index contributed by atoms with van der Waals surface area (Å²) < 4.78 is 37.5. The van der Waals surface area contributed by atoms with Gasteiger partial charge in [-0.15, -0.1) is 0 Å². The van der Waals surface area contributed by atoms with Crippen molar-refractivity contribution in [2.45, 2.75) is 25.2 Å². The lowest BCUT2D eigenvalue weighted by Crippen LogP contribution is -2.37. The fraction of sp³-hybridized carbons (Fsp3) is 0.278. The van der Waals surface area contributed by atoms with Crippen molar-refractivity contribution in [3.05, 3.63) is 70.8 Å². The minimum absolute atomic E-state index is 0.260. The Morgan fingerprint density at radius 1 is 1.04 bits per heavy atom. The molecular weight excluding hydrogens is 301 g/mol. The molecule has 2 aromatic carbocycles. The average molecular weight is 318 g/mol. The second-order valence-corrected chi connectivity index (χ2v) is 5.66. The van der Waals surface area contributed by atoms with Crippen LogP contribution in [0.3, 0.4) is 0 Å². The first kappa shape index (κ1) is 15.7. The Morgan fingerprint density at radius 3 is 2.43 bits per heavy atom. The predicted octanol–water partition coefficient (Wildman–Crippen LogP) is 3.84. The van der Waals surface area contributed by atoms with Crippen LogP contribution in [-0.4, -0.2) is 18.8 Å². The molecule has 3 rings (SSSR count). The lowest BCUT2D eigenvalue weighted by atomic mass is 9.96. The molecule has 1 aliphatic rings. The molecule has 0 radical (unpaired) electrons. The highest BCUT2D eigenvalue weighted by molar-refractivity contribution is 5.79. The van der Waals surface area contributed by atoms with E-state index in [1.807, 2.05) is 12.1 Å². The van der Waals surface area contributed by atoms with Crippen LogP contribution in [0.2, 0.25) is 0 Å². The first-order valence-electron chi connectivity index (χ1n) is 7.49. The van der Waals surface area contributed by atoms with E-state index in [9.17, 15) is 13.2 Å². The monoisotopic (exact) mass is 318 g/mol. The summed E-state index contributed by atoms with van der Waals surface area (Å²) in [5.74, 6) is 0. The lowest BCUT2D eigenvalue weighted by Gasteiger charge is -2.24. The third kappa shape index (κ3) is 3.99. The SMILES string of the molecule is FC(F)(F)c1ccc(C=NCC2Cc3ccccc3CN2)cc1. The Kier molecular flexibility index (Phi) is 4.48. The van der Waals surface area contributed by atoms with Crippen LogP contribution < -0.4 is 5.32 Å². The Morgan fingerprint density at radius 2 is 1.74 bits per heavy atom. The van der Waals surface area contributed by atoms with Gasteiger partial charge in [-0.3, -0.25) is 4.99 Å². The summed E-state index contributed by atoms with van der Waals surface area (Å²) in [6.07, 6.45) is -1.75. The molecule has 0 spiro atoms. The molecule has 2 nitrogen and oxygen atoms in total. The normalized spacial score (nSPS) is 18.1. The lowest BCUT2D eigenvalue weighted by molar-refractivity contribution is -0.137. The predicted molar refractivity (Wildman–Crippen MR) is 84.7 cm³/mol. The van der Waals surface area contributed by atoms with Crippen LogP contribution in [0, 0.1) is 0 Å². The number of fused-ring (bicyclic) bond motifs is 1. The van der Waals surface area contributed by atoms with E-state index in [1.54, 1.807) is 6.21 Å². The van der Waals surface area contributed by atoms with Gasteiger partial charge in [-0.2, -0.15) is 13.2 Å². The summed E-state index contributed by atoms with van der Waals surface area (Å²) in [4.78, 5) is 4.36. The van der Waals surface area contributed by atoms with Crippen molar-refractivity contribution in [3.8, 4) is 0 Å². The van der Waals surface area contributed by atoms with Gasteiger partial charge in [0.05, 0.1) is 12.1 Å². The molecule has 0 bridgehead atoms. The van der Waals surface area contributed by atoms with Gasteiger partial charge >= 0.3 is 6.18 Å². The number of halogens is 3. The molecule has 0 fully saturated rings. The van der Waals surface area contributed by atoms with E-state index >= 15 is 0 Å². The largest absolute Gasteiger partial charge is 0.416 e. The number of nitrogens with zero attached hydrogens (tertiary/aromatic N) is 1. The van der Waals surface area contributed by atoms with E-state index in [0.29, 0.717) is 12.1 Å². The molecule has 0 aromatic heterocycles. The second kappa shape index (κ2) is 6.54. The molecule has 1 aliphatic heterocycles. The van der Waals surface area contributed by atoms with Gasteiger partial charge < -0.3 is 5.32 Å². The topological polar surface area (TPSA) is 24.4 Å². The summed E-state index contributed by atoms with van der Waals surface area (Å²) in [6.45, 7) is 1.44. The zero-order valence-electron chi connectivity index (χ0n) is 12.5. The zero-order chi connectivity index (χ0) is 16.3. The molecule has 1 N–H and O–H groups in total. The maximum atomic E-state index is 12.5. The highest BCUT2D eigenvalue weighted by atomic mass is 19.4. The smallest absolute Gasteiger partial charge is 0.308 e. The fourth-order valence-electron chi connectivity index (χ4n) is 2.69. The van der Waals surface area contributed by atoms with Crippen molar-refractivity contribution < 1.29 is 13.2 Å². The maximum Gasteiger partial charge on any atom is 0.416 e. The average Bonchev–Trinajstić information content (AvgIpc) is 2.54. The van der Waals surface area contributed by atoms with E-state index in [4.69, 9.17) is 0 Å². The first-order valence-corrected chi connectivity index (χ1v) is 7.49. The molecule has 1 unspecified atom stereocenters. The summed E-state index contributed by atoms with van der Waals surface area (Å²) >= 11 is 0. The Hall–Kier alpha value is -2.14. The zero-order valence-corrected chi connectivity index (χ0v) is 12.5. The van der Waals surface area contributed by atoms with Gasteiger partial charge in [-0.05, 0) is 35.2 Å². The summed E-state index contributed by atoms with van der Waals surface area (Å²) in [7, 11) is 0. The molecular formula is C18H17F3N2. The van der Waals surface area contributed by atoms with Crippen molar-refractivity contribution in [3.63, 3.8) is 0 Å². The minimum atomic E-state index is -4.30. The number of hydrogen-bond acceptors (Lipinski definition) is 2. The minimum Gasteiger partial charge on any atom is -0.308 e. The first-order chi connectivity index (χ1) is 11.0. The summed E-state index contributed by atoms with van der Waals surface area (Å²) in [6, 6.07) is 13.6. The second-order valence-electron chi connectivity index (χ2n) is 5.66.